The van der Waals surface area contributed by atoms with Crippen LogP contribution in [0.3, 0.4) is 0 Å². The zero-order valence-corrected chi connectivity index (χ0v) is 13.9. The Morgan fingerprint density at radius 3 is 2.55 bits per heavy atom. The molecule has 0 saturated heterocycles. The van der Waals surface area contributed by atoms with E-state index in [1.807, 2.05) is 6.07 Å². The Hall–Kier alpha value is -1.23. The standard InChI is InChI=1S/C15H14Cl3N3O/c16-11-7-10(21-15(22)14(18)12(17)8-19-21)5-6-13(11)20-9-3-1-2-4-9/h5-9,20H,1-4H2. The first kappa shape index (κ1) is 15.7. The molecule has 0 radical (unpaired) electrons. The number of aromatic nitrogens is 2. The van der Waals surface area contributed by atoms with Crippen LogP contribution in [0.2, 0.25) is 15.1 Å². The molecule has 1 aliphatic rings. The Morgan fingerprint density at radius 1 is 1.14 bits per heavy atom. The number of nitrogens with zero attached hydrogens (tertiary/aromatic N) is 2. The van der Waals surface area contributed by atoms with Crippen LogP contribution in [0.15, 0.2) is 29.2 Å². The van der Waals surface area contributed by atoms with Crippen LogP contribution in [0.1, 0.15) is 25.7 Å². The summed E-state index contributed by atoms with van der Waals surface area (Å²) in [5.74, 6) is 0. The minimum Gasteiger partial charge on any atom is -0.381 e. The molecule has 116 valence electrons. The SMILES string of the molecule is O=c1c(Cl)c(Cl)cnn1-c1ccc(NC2CCCC2)c(Cl)c1. The van der Waals surface area contributed by atoms with Gasteiger partial charge in [0.25, 0.3) is 5.56 Å². The summed E-state index contributed by atoms with van der Waals surface area (Å²) in [7, 11) is 0. The van der Waals surface area contributed by atoms with Crippen LogP contribution >= 0.6 is 34.8 Å². The van der Waals surface area contributed by atoms with Gasteiger partial charge in [-0.1, -0.05) is 47.6 Å². The van der Waals surface area contributed by atoms with Gasteiger partial charge in [0.15, 0.2) is 0 Å². The topological polar surface area (TPSA) is 46.9 Å². The molecule has 7 heteroatoms. The third kappa shape index (κ3) is 3.09. The maximum atomic E-state index is 12.1. The molecule has 0 amide bonds. The van der Waals surface area contributed by atoms with Crippen LogP contribution in [0.25, 0.3) is 5.69 Å². The van der Waals surface area contributed by atoms with Gasteiger partial charge < -0.3 is 5.32 Å². The first-order chi connectivity index (χ1) is 10.6. The predicted octanol–water partition coefficient (Wildman–Crippen LogP) is 4.55. The summed E-state index contributed by atoms with van der Waals surface area (Å²) in [5, 5.41) is 8.05. The molecule has 0 unspecified atom stereocenters. The van der Waals surface area contributed by atoms with Gasteiger partial charge in [0, 0.05) is 6.04 Å². The van der Waals surface area contributed by atoms with Crippen molar-refractivity contribution in [2.24, 2.45) is 0 Å². The summed E-state index contributed by atoms with van der Waals surface area (Å²) in [6.07, 6.45) is 6.15. The monoisotopic (exact) mass is 357 g/mol. The molecular weight excluding hydrogens is 345 g/mol. The van der Waals surface area contributed by atoms with Crippen molar-refractivity contribution in [3.05, 3.63) is 49.8 Å². The highest BCUT2D eigenvalue weighted by atomic mass is 35.5. The van der Waals surface area contributed by atoms with Crippen LogP contribution in [-0.2, 0) is 0 Å². The summed E-state index contributed by atoms with van der Waals surface area (Å²) in [6, 6.07) is 5.79. The third-order valence-electron chi connectivity index (χ3n) is 3.79. The summed E-state index contributed by atoms with van der Waals surface area (Å²) in [4.78, 5) is 12.1. The molecule has 0 aliphatic heterocycles. The number of hydrogen-bond donors (Lipinski definition) is 1. The molecule has 1 aromatic carbocycles. The Kier molecular flexibility index (Phi) is 4.62. The predicted molar refractivity (Wildman–Crippen MR) is 90.7 cm³/mol. The second-order valence-electron chi connectivity index (χ2n) is 5.31. The van der Waals surface area contributed by atoms with Crippen LogP contribution in [0.5, 0.6) is 0 Å². The minimum atomic E-state index is -0.471. The van der Waals surface area contributed by atoms with E-state index in [0.29, 0.717) is 16.8 Å². The quantitative estimate of drug-likeness (QED) is 0.875. The van der Waals surface area contributed by atoms with Crippen molar-refractivity contribution in [3.63, 3.8) is 0 Å². The van der Waals surface area contributed by atoms with Gasteiger partial charge in [-0.05, 0) is 31.0 Å². The first-order valence-corrected chi connectivity index (χ1v) is 8.19. The van der Waals surface area contributed by atoms with Gasteiger partial charge in [-0.15, -0.1) is 0 Å². The zero-order chi connectivity index (χ0) is 15.7. The van der Waals surface area contributed by atoms with E-state index in [1.165, 1.54) is 23.7 Å². The van der Waals surface area contributed by atoms with Crippen LogP contribution in [0, 0.1) is 0 Å². The van der Waals surface area contributed by atoms with Crippen molar-refractivity contribution in [3.8, 4) is 5.69 Å². The van der Waals surface area contributed by atoms with E-state index in [1.54, 1.807) is 12.1 Å². The van der Waals surface area contributed by atoms with Crippen molar-refractivity contribution >= 4 is 40.5 Å². The maximum absolute atomic E-state index is 12.1. The minimum absolute atomic E-state index is 0.0547. The Balaban J connectivity index is 1.91. The van der Waals surface area contributed by atoms with Crippen LogP contribution < -0.4 is 10.9 Å². The van der Waals surface area contributed by atoms with E-state index in [4.69, 9.17) is 34.8 Å². The average molecular weight is 359 g/mol. The molecule has 3 rings (SSSR count). The fraction of sp³-hybridized carbons (Fsp3) is 0.333. The number of hydrogen-bond acceptors (Lipinski definition) is 3. The van der Waals surface area contributed by atoms with Gasteiger partial charge in [-0.2, -0.15) is 9.78 Å². The highest BCUT2D eigenvalue weighted by molar-refractivity contribution is 6.41. The molecule has 0 spiro atoms. The van der Waals surface area contributed by atoms with E-state index in [-0.39, 0.29) is 10.0 Å². The lowest BCUT2D eigenvalue weighted by Crippen LogP contribution is -2.21. The molecule has 22 heavy (non-hydrogen) atoms. The largest absolute Gasteiger partial charge is 0.381 e. The van der Waals surface area contributed by atoms with Gasteiger partial charge in [0.2, 0.25) is 0 Å². The molecule has 1 saturated carbocycles. The van der Waals surface area contributed by atoms with E-state index in [9.17, 15) is 4.79 Å². The van der Waals surface area contributed by atoms with E-state index < -0.39 is 5.56 Å². The molecule has 1 heterocycles. The van der Waals surface area contributed by atoms with Crippen LogP contribution in [0.4, 0.5) is 5.69 Å². The summed E-state index contributed by atoms with van der Waals surface area (Å²) in [6.45, 7) is 0. The summed E-state index contributed by atoms with van der Waals surface area (Å²) < 4.78 is 1.18. The zero-order valence-electron chi connectivity index (χ0n) is 11.7. The second-order valence-corrected chi connectivity index (χ2v) is 6.51. The van der Waals surface area contributed by atoms with Gasteiger partial charge in [-0.3, -0.25) is 4.79 Å². The molecule has 1 aromatic heterocycles. The second kappa shape index (κ2) is 6.49. The first-order valence-electron chi connectivity index (χ1n) is 7.06. The number of rotatable bonds is 3. The highest BCUT2D eigenvalue weighted by Crippen LogP contribution is 2.29. The van der Waals surface area contributed by atoms with Crippen molar-refractivity contribution in [1.82, 2.24) is 9.78 Å². The normalized spacial score (nSPS) is 15.2. The Labute approximate surface area is 143 Å². The lowest BCUT2D eigenvalue weighted by molar-refractivity contribution is 0.755. The number of halogens is 3. The number of benzene rings is 1. The lowest BCUT2D eigenvalue weighted by Gasteiger charge is -2.15. The number of nitrogens with one attached hydrogen (secondary N) is 1. The third-order valence-corrected chi connectivity index (χ3v) is 4.85. The van der Waals surface area contributed by atoms with E-state index in [2.05, 4.69) is 10.4 Å². The van der Waals surface area contributed by atoms with E-state index in [0.717, 1.165) is 18.5 Å². The lowest BCUT2D eigenvalue weighted by atomic mass is 10.2. The van der Waals surface area contributed by atoms with Crippen molar-refractivity contribution in [2.45, 2.75) is 31.7 Å². The number of anilines is 1. The van der Waals surface area contributed by atoms with Gasteiger partial charge >= 0.3 is 0 Å². The van der Waals surface area contributed by atoms with E-state index >= 15 is 0 Å². The fourth-order valence-electron chi connectivity index (χ4n) is 2.64. The van der Waals surface area contributed by atoms with Gasteiger partial charge in [-0.25, -0.2) is 0 Å². The average Bonchev–Trinajstić information content (AvgIpc) is 3.00. The molecule has 0 bridgehead atoms. The molecule has 1 fully saturated rings. The molecule has 1 N–H and O–H groups in total. The Bertz CT molecular complexity index is 754. The molecule has 0 atom stereocenters. The smallest absolute Gasteiger partial charge is 0.291 e. The van der Waals surface area contributed by atoms with Crippen molar-refractivity contribution in [1.29, 1.82) is 0 Å². The summed E-state index contributed by atoms with van der Waals surface area (Å²) in [5.41, 5.74) is 0.942. The summed E-state index contributed by atoms with van der Waals surface area (Å²) >= 11 is 18.0. The van der Waals surface area contributed by atoms with Crippen molar-refractivity contribution in [2.75, 3.05) is 5.32 Å². The maximum Gasteiger partial charge on any atom is 0.291 e. The van der Waals surface area contributed by atoms with Gasteiger partial charge in [0.1, 0.15) is 5.02 Å². The van der Waals surface area contributed by atoms with Gasteiger partial charge in [0.05, 0.1) is 27.6 Å². The fourth-order valence-corrected chi connectivity index (χ4v) is 3.12. The molecular formula is C15H14Cl3N3O. The molecule has 2 aromatic rings. The Morgan fingerprint density at radius 2 is 1.86 bits per heavy atom. The highest BCUT2D eigenvalue weighted by Gasteiger charge is 2.16. The molecule has 4 nitrogen and oxygen atoms in total. The molecule has 1 aliphatic carbocycles. The van der Waals surface area contributed by atoms with Crippen LogP contribution in [-0.4, -0.2) is 15.8 Å². The van der Waals surface area contributed by atoms with Crippen molar-refractivity contribution < 1.29 is 0 Å².